The zero-order chi connectivity index (χ0) is 19.7. The summed E-state index contributed by atoms with van der Waals surface area (Å²) in [6.07, 6.45) is 3.27. The number of aromatic nitrogens is 2. The Bertz CT molecular complexity index is 1250. The van der Waals surface area contributed by atoms with Gasteiger partial charge in [0.2, 0.25) is 0 Å². The van der Waals surface area contributed by atoms with E-state index < -0.39 is 11.5 Å². The summed E-state index contributed by atoms with van der Waals surface area (Å²) in [7, 11) is 0. The van der Waals surface area contributed by atoms with Crippen LogP contribution in [0.5, 0.6) is 0 Å². The molecule has 0 bridgehead atoms. The van der Waals surface area contributed by atoms with Crippen LogP contribution in [-0.2, 0) is 0 Å². The van der Waals surface area contributed by atoms with Gasteiger partial charge in [-0.3, -0.25) is 14.0 Å². The first-order valence-electron chi connectivity index (χ1n) is 8.28. The first-order valence-corrected chi connectivity index (χ1v) is 10.8. The van der Waals surface area contributed by atoms with Gasteiger partial charge >= 0.3 is 0 Å². The molecule has 2 aromatic carbocycles. The van der Waals surface area contributed by atoms with Gasteiger partial charge in [0.15, 0.2) is 4.96 Å². The standard InChI is InChI=1S/C20H14ClN3O2S2/c1-27-13-6-4-5-12(9-13)23-18(25)15-10-22-20-24(19(15)26)17(11-28-20)14-7-2-3-8-16(14)21/h2-11H,1H3,(H,23,25). The Morgan fingerprint density at radius 3 is 2.82 bits per heavy atom. The van der Waals surface area contributed by atoms with Crippen molar-refractivity contribution in [1.82, 2.24) is 9.38 Å². The highest BCUT2D eigenvalue weighted by atomic mass is 35.5. The number of benzene rings is 2. The molecule has 0 radical (unpaired) electrons. The summed E-state index contributed by atoms with van der Waals surface area (Å²) in [6, 6.07) is 14.7. The smallest absolute Gasteiger partial charge is 0.271 e. The molecule has 1 amide bonds. The third-order valence-corrected chi connectivity index (χ3v) is 6.06. The van der Waals surface area contributed by atoms with E-state index in [1.807, 2.05) is 48.0 Å². The summed E-state index contributed by atoms with van der Waals surface area (Å²) in [4.78, 5) is 31.6. The molecule has 5 nitrogen and oxygen atoms in total. The van der Waals surface area contributed by atoms with Crippen molar-refractivity contribution in [3.05, 3.63) is 81.0 Å². The van der Waals surface area contributed by atoms with Crippen molar-refractivity contribution in [2.45, 2.75) is 4.90 Å². The number of carbonyl (C=O) groups is 1. The molecule has 0 atom stereocenters. The lowest BCUT2D eigenvalue weighted by molar-refractivity contribution is 0.102. The number of rotatable bonds is 4. The second-order valence-corrected chi connectivity index (χ2v) is 8.01. The Balaban J connectivity index is 1.77. The highest BCUT2D eigenvalue weighted by Gasteiger charge is 2.18. The van der Waals surface area contributed by atoms with E-state index in [2.05, 4.69) is 10.3 Å². The van der Waals surface area contributed by atoms with Gasteiger partial charge in [-0.05, 0) is 30.5 Å². The molecule has 0 fully saturated rings. The predicted octanol–water partition coefficient (Wildman–Crippen LogP) is 5.05. The van der Waals surface area contributed by atoms with E-state index in [-0.39, 0.29) is 5.56 Å². The minimum atomic E-state index is -0.499. The number of carbonyl (C=O) groups excluding carboxylic acids is 1. The van der Waals surface area contributed by atoms with Crippen molar-refractivity contribution in [2.24, 2.45) is 0 Å². The number of halogens is 1. The van der Waals surface area contributed by atoms with Crippen molar-refractivity contribution in [1.29, 1.82) is 0 Å². The second kappa shape index (κ2) is 7.79. The fourth-order valence-electron chi connectivity index (χ4n) is 2.80. The lowest BCUT2D eigenvalue weighted by Crippen LogP contribution is -2.26. The quantitative estimate of drug-likeness (QED) is 0.463. The topological polar surface area (TPSA) is 63.5 Å². The van der Waals surface area contributed by atoms with Gasteiger partial charge in [0.25, 0.3) is 11.5 Å². The average Bonchev–Trinajstić information content (AvgIpc) is 3.13. The molecule has 0 aliphatic rings. The summed E-state index contributed by atoms with van der Waals surface area (Å²) in [5.74, 6) is -0.499. The first-order chi connectivity index (χ1) is 13.6. The van der Waals surface area contributed by atoms with Gasteiger partial charge in [-0.2, -0.15) is 0 Å². The van der Waals surface area contributed by atoms with Gasteiger partial charge in [0.1, 0.15) is 5.56 Å². The summed E-state index contributed by atoms with van der Waals surface area (Å²) in [6.45, 7) is 0. The van der Waals surface area contributed by atoms with Gasteiger partial charge in [-0.1, -0.05) is 35.9 Å². The third kappa shape index (κ3) is 3.44. The number of hydrogen-bond donors (Lipinski definition) is 1. The molecule has 4 rings (SSSR count). The molecular formula is C20H14ClN3O2S2. The van der Waals surface area contributed by atoms with Crippen LogP contribution in [0, 0.1) is 0 Å². The zero-order valence-corrected chi connectivity index (χ0v) is 17.1. The largest absolute Gasteiger partial charge is 0.322 e. The number of anilines is 1. The van der Waals surface area contributed by atoms with Crippen LogP contribution in [0.4, 0.5) is 5.69 Å². The number of amides is 1. The van der Waals surface area contributed by atoms with Crippen LogP contribution < -0.4 is 10.9 Å². The Morgan fingerprint density at radius 2 is 2.04 bits per heavy atom. The predicted molar refractivity (Wildman–Crippen MR) is 116 cm³/mol. The second-order valence-electron chi connectivity index (χ2n) is 5.88. The van der Waals surface area contributed by atoms with Crippen LogP contribution in [-0.4, -0.2) is 21.5 Å². The van der Waals surface area contributed by atoms with Crippen LogP contribution in [0.2, 0.25) is 5.02 Å². The molecule has 0 saturated heterocycles. The van der Waals surface area contributed by atoms with E-state index in [0.29, 0.717) is 26.9 Å². The minimum Gasteiger partial charge on any atom is -0.322 e. The molecule has 4 aromatic rings. The van der Waals surface area contributed by atoms with E-state index >= 15 is 0 Å². The van der Waals surface area contributed by atoms with Gasteiger partial charge in [-0.25, -0.2) is 4.98 Å². The number of thioether (sulfide) groups is 1. The molecule has 2 aromatic heterocycles. The van der Waals surface area contributed by atoms with E-state index in [0.717, 1.165) is 4.90 Å². The molecule has 28 heavy (non-hydrogen) atoms. The minimum absolute atomic E-state index is 0.0289. The molecule has 0 aliphatic heterocycles. The van der Waals surface area contributed by atoms with Crippen molar-refractivity contribution < 1.29 is 4.79 Å². The fourth-order valence-corrected chi connectivity index (χ4v) is 4.35. The molecule has 8 heteroatoms. The Labute approximate surface area is 174 Å². The summed E-state index contributed by atoms with van der Waals surface area (Å²) in [5.41, 5.74) is 1.49. The number of hydrogen-bond acceptors (Lipinski definition) is 5. The molecule has 0 spiro atoms. The fraction of sp³-hybridized carbons (Fsp3) is 0.0500. The van der Waals surface area contributed by atoms with Crippen LogP contribution in [0.15, 0.2) is 69.8 Å². The normalized spacial score (nSPS) is 10.9. The number of thiazole rings is 1. The van der Waals surface area contributed by atoms with Gasteiger partial charge < -0.3 is 5.32 Å². The number of fused-ring (bicyclic) bond motifs is 1. The monoisotopic (exact) mass is 427 g/mol. The highest BCUT2D eigenvalue weighted by Crippen LogP contribution is 2.30. The van der Waals surface area contributed by atoms with Gasteiger partial charge in [0.05, 0.1) is 5.69 Å². The maximum Gasteiger partial charge on any atom is 0.271 e. The number of nitrogens with one attached hydrogen (secondary N) is 1. The van der Waals surface area contributed by atoms with E-state index in [9.17, 15) is 9.59 Å². The molecule has 0 unspecified atom stereocenters. The summed E-state index contributed by atoms with van der Waals surface area (Å²) < 4.78 is 1.43. The maximum absolute atomic E-state index is 13.1. The molecule has 2 heterocycles. The van der Waals surface area contributed by atoms with Gasteiger partial charge in [-0.15, -0.1) is 23.1 Å². The average molecular weight is 428 g/mol. The lowest BCUT2D eigenvalue weighted by atomic mass is 10.2. The molecule has 1 N–H and O–H groups in total. The molecule has 140 valence electrons. The van der Waals surface area contributed by atoms with Crippen LogP contribution in [0.1, 0.15) is 10.4 Å². The molecule has 0 saturated carbocycles. The Morgan fingerprint density at radius 1 is 1.21 bits per heavy atom. The SMILES string of the molecule is CSc1cccc(NC(=O)c2cnc3scc(-c4ccccc4Cl)n3c2=O)c1. The molecule has 0 aliphatic carbocycles. The maximum atomic E-state index is 13.1. The highest BCUT2D eigenvalue weighted by molar-refractivity contribution is 7.98. The summed E-state index contributed by atoms with van der Waals surface area (Å²) >= 11 is 9.19. The van der Waals surface area contributed by atoms with E-state index in [1.165, 1.54) is 21.9 Å². The Kier molecular flexibility index (Phi) is 5.21. The Hall–Kier alpha value is -2.61. The molecular weight excluding hydrogens is 414 g/mol. The van der Waals surface area contributed by atoms with Crippen molar-refractivity contribution in [3.63, 3.8) is 0 Å². The van der Waals surface area contributed by atoms with Gasteiger partial charge in [0, 0.05) is 32.7 Å². The summed E-state index contributed by atoms with van der Waals surface area (Å²) in [5, 5.41) is 5.11. The van der Waals surface area contributed by atoms with Crippen LogP contribution in [0.3, 0.4) is 0 Å². The lowest BCUT2D eigenvalue weighted by Gasteiger charge is -2.08. The third-order valence-electron chi connectivity index (χ3n) is 4.17. The first kappa shape index (κ1) is 18.7. The van der Waals surface area contributed by atoms with Crippen LogP contribution >= 0.6 is 34.7 Å². The van der Waals surface area contributed by atoms with E-state index in [4.69, 9.17) is 11.6 Å². The van der Waals surface area contributed by atoms with E-state index in [1.54, 1.807) is 23.9 Å². The zero-order valence-electron chi connectivity index (χ0n) is 14.7. The van der Waals surface area contributed by atoms with Crippen molar-refractivity contribution in [3.8, 4) is 11.3 Å². The van der Waals surface area contributed by atoms with Crippen molar-refractivity contribution >= 4 is 51.3 Å². The number of nitrogens with zero attached hydrogens (tertiary/aromatic N) is 2. The van der Waals surface area contributed by atoms with Crippen molar-refractivity contribution in [2.75, 3.05) is 11.6 Å². The van der Waals surface area contributed by atoms with Crippen LogP contribution in [0.25, 0.3) is 16.2 Å².